The van der Waals surface area contributed by atoms with E-state index in [1.165, 1.54) is 12.1 Å². The highest BCUT2D eigenvalue weighted by Gasteiger charge is 2.21. The fraction of sp³-hybridized carbons (Fsp3) is 0.0714. The van der Waals surface area contributed by atoms with Crippen molar-refractivity contribution in [1.82, 2.24) is 0 Å². The first-order chi connectivity index (χ1) is 9.61. The van der Waals surface area contributed by atoms with E-state index in [1.54, 1.807) is 24.3 Å². The molecule has 100 valence electrons. The highest BCUT2D eigenvalue weighted by atomic mass is 19.1. The molecule has 0 N–H and O–H groups in total. The molecule has 0 bridgehead atoms. The molecule has 0 atom stereocenters. The van der Waals surface area contributed by atoms with Crippen LogP contribution < -0.4 is 4.74 Å². The second kappa shape index (κ2) is 5.80. The molecule has 2 rings (SSSR count). The van der Waals surface area contributed by atoms with Gasteiger partial charge in [-0.3, -0.25) is 10.1 Å². The van der Waals surface area contributed by atoms with E-state index in [-0.39, 0.29) is 12.2 Å². The number of benzene rings is 2. The van der Waals surface area contributed by atoms with Crippen molar-refractivity contribution < 1.29 is 14.1 Å². The smallest absolute Gasteiger partial charge is 0.346 e. The monoisotopic (exact) mass is 272 g/mol. The Morgan fingerprint density at radius 2 is 1.95 bits per heavy atom. The topological polar surface area (TPSA) is 76.2 Å². The minimum absolute atomic E-state index is 0.164. The van der Waals surface area contributed by atoms with Crippen LogP contribution in [0.4, 0.5) is 10.1 Å². The molecule has 0 fully saturated rings. The van der Waals surface area contributed by atoms with Gasteiger partial charge in [-0.1, -0.05) is 18.2 Å². The number of nitro groups is 1. The fourth-order valence-electron chi connectivity index (χ4n) is 1.65. The van der Waals surface area contributed by atoms with E-state index >= 15 is 0 Å². The molecular weight excluding hydrogens is 263 g/mol. The second-order valence-electron chi connectivity index (χ2n) is 3.92. The molecule has 0 aliphatic rings. The van der Waals surface area contributed by atoms with Crippen LogP contribution >= 0.6 is 0 Å². The molecule has 0 spiro atoms. The van der Waals surface area contributed by atoms with E-state index in [9.17, 15) is 14.5 Å². The van der Waals surface area contributed by atoms with Gasteiger partial charge in [0.15, 0.2) is 0 Å². The standard InChI is InChI=1S/C14H9FN2O3/c15-12-2-1-3-13(14(12)17(18)19)20-11-6-4-10(5-7-11)8-9-16/h1-7H,8H2. The van der Waals surface area contributed by atoms with Crippen LogP contribution in [0.5, 0.6) is 11.5 Å². The van der Waals surface area contributed by atoms with Crippen LogP contribution in [0.3, 0.4) is 0 Å². The number of para-hydroxylation sites is 1. The summed E-state index contributed by atoms with van der Waals surface area (Å²) < 4.78 is 18.7. The summed E-state index contributed by atoms with van der Waals surface area (Å²) in [6.45, 7) is 0. The third-order valence-electron chi connectivity index (χ3n) is 2.57. The first-order valence-electron chi connectivity index (χ1n) is 5.68. The average Bonchev–Trinajstić information content (AvgIpc) is 2.41. The Bertz CT molecular complexity index is 678. The van der Waals surface area contributed by atoms with Gasteiger partial charge in [-0.05, 0) is 29.8 Å². The van der Waals surface area contributed by atoms with Gasteiger partial charge in [0.2, 0.25) is 11.6 Å². The molecule has 0 aliphatic carbocycles. The van der Waals surface area contributed by atoms with Gasteiger partial charge in [-0.15, -0.1) is 0 Å². The maximum atomic E-state index is 13.4. The van der Waals surface area contributed by atoms with Crippen molar-refractivity contribution in [3.8, 4) is 17.6 Å². The Kier molecular flexibility index (Phi) is 3.91. The van der Waals surface area contributed by atoms with Gasteiger partial charge in [-0.2, -0.15) is 9.65 Å². The fourth-order valence-corrected chi connectivity index (χ4v) is 1.65. The van der Waals surface area contributed by atoms with Crippen molar-refractivity contribution in [1.29, 1.82) is 5.26 Å². The predicted molar refractivity (Wildman–Crippen MR) is 68.9 cm³/mol. The van der Waals surface area contributed by atoms with Crippen LogP contribution in [-0.4, -0.2) is 4.92 Å². The first-order valence-corrected chi connectivity index (χ1v) is 5.68. The molecule has 0 heterocycles. The van der Waals surface area contributed by atoms with Crippen molar-refractivity contribution in [3.63, 3.8) is 0 Å². The lowest BCUT2D eigenvalue weighted by Crippen LogP contribution is -1.96. The maximum absolute atomic E-state index is 13.4. The Balaban J connectivity index is 2.28. The first kappa shape index (κ1) is 13.5. The van der Waals surface area contributed by atoms with E-state index in [2.05, 4.69) is 0 Å². The highest BCUT2D eigenvalue weighted by Crippen LogP contribution is 2.33. The molecule has 2 aromatic carbocycles. The summed E-state index contributed by atoms with van der Waals surface area (Å²) in [5.41, 5.74) is 0.0993. The predicted octanol–water partition coefficient (Wildman–Crippen LogP) is 3.59. The molecule has 0 unspecified atom stereocenters. The number of hydrogen-bond acceptors (Lipinski definition) is 4. The molecule has 0 amide bonds. The SMILES string of the molecule is N#CCc1ccc(Oc2cccc(F)c2[N+](=O)[O-])cc1. The van der Waals surface area contributed by atoms with Gasteiger partial charge >= 0.3 is 5.69 Å². The number of ether oxygens (including phenoxy) is 1. The molecule has 20 heavy (non-hydrogen) atoms. The van der Waals surface area contributed by atoms with Crippen molar-refractivity contribution in [2.45, 2.75) is 6.42 Å². The van der Waals surface area contributed by atoms with Gasteiger partial charge < -0.3 is 4.74 Å². The lowest BCUT2D eigenvalue weighted by atomic mass is 10.2. The van der Waals surface area contributed by atoms with Crippen molar-refractivity contribution in [3.05, 3.63) is 64.0 Å². The second-order valence-corrected chi connectivity index (χ2v) is 3.92. The number of nitro benzene ring substituents is 1. The Hall–Kier alpha value is -2.94. The highest BCUT2D eigenvalue weighted by molar-refractivity contribution is 5.49. The summed E-state index contributed by atoms with van der Waals surface area (Å²) in [4.78, 5) is 10.00. The lowest BCUT2D eigenvalue weighted by Gasteiger charge is -2.07. The Morgan fingerprint density at radius 1 is 1.25 bits per heavy atom. The van der Waals surface area contributed by atoms with Crippen LogP contribution in [0.2, 0.25) is 0 Å². The number of nitriles is 1. The van der Waals surface area contributed by atoms with Gasteiger partial charge in [0.05, 0.1) is 17.4 Å². The van der Waals surface area contributed by atoms with Crippen LogP contribution in [0.25, 0.3) is 0 Å². The third kappa shape index (κ3) is 2.90. The Labute approximate surface area is 114 Å². The van der Waals surface area contributed by atoms with Gasteiger partial charge in [0, 0.05) is 0 Å². The zero-order valence-corrected chi connectivity index (χ0v) is 10.2. The zero-order valence-electron chi connectivity index (χ0n) is 10.2. The minimum Gasteiger partial charge on any atom is -0.450 e. The van der Waals surface area contributed by atoms with E-state index < -0.39 is 16.4 Å². The van der Waals surface area contributed by atoms with Crippen LogP contribution in [-0.2, 0) is 6.42 Å². The largest absolute Gasteiger partial charge is 0.450 e. The van der Waals surface area contributed by atoms with E-state index in [1.807, 2.05) is 6.07 Å². The summed E-state index contributed by atoms with van der Waals surface area (Å²) in [6, 6.07) is 12.1. The molecular formula is C14H9FN2O3. The minimum atomic E-state index is -0.950. The molecule has 0 radical (unpaired) electrons. The maximum Gasteiger partial charge on any atom is 0.346 e. The van der Waals surface area contributed by atoms with E-state index in [0.29, 0.717) is 5.75 Å². The van der Waals surface area contributed by atoms with Gasteiger partial charge in [0.25, 0.3) is 0 Å². The summed E-state index contributed by atoms with van der Waals surface area (Å²) in [6.07, 6.45) is 0.264. The molecule has 0 saturated heterocycles. The quantitative estimate of drug-likeness (QED) is 0.629. The molecule has 0 aromatic heterocycles. The summed E-state index contributed by atoms with van der Waals surface area (Å²) in [7, 11) is 0. The average molecular weight is 272 g/mol. The molecule has 0 aliphatic heterocycles. The van der Waals surface area contributed by atoms with E-state index in [4.69, 9.17) is 10.00 Å². The third-order valence-corrected chi connectivity index (χ3v) is 2.57. The lowest BCUT2D eigenvalue weighted by molar-refractivity contribution is -0.388. The van der Waals surface area contributed by atoms with Crippen molar-refractivity contribution >= 4 is 5.69 Å². The number of hydrogen-bond donors (Lipinski definition) is 0. The number of halogens is 1. The molecule has 2 aromatic rings. The van der Waals surface area contributed by atoms with Crippen LogP contribution in [0.15, 0.2) is 42.5 Å². The van der Waals surface area contributed by atoms with Crippen molar-refractivity contribution in [2.75, 3.05) is 0 Å². The summed E-state index contributed by atoms with van der Waals surface area (Å²) in [5.74, 6) is -0.781. The molecule has 5 nitrogen and oxygen atoms in total. The van der Waals surface area contributed by atoms with Gasteiger partial charge in [0.1, 0.15) is 5.75 Å². The zero-order chi connectivity index (χ0) is 14.5. The number of nitrogens with zero attached hydrogens (tertiary/aromatic N) is 2. The van der Waals surface area contributed by atoms with Gasteiger partial charge in [-0.25, -0.2) is 0 Å². The molecule has 0 saturated carbocycles. The summed E-state index contributed by atoms with van der Waals surface area (Å²) in [5, 5.41) is 19.4. The normalized spacial score (nSPS) is 9.80. The van der Waals surface area contributed by atoms with E-state index in [0.717, 1.165) is 11.6 Å². The summed E-state index contributed by atoms with van der Waals surface area (Å²) >= 11 is 0. The number of rotatable bonds is 4. The van der Waals surface area contributed by atoms with Crippen LogP contribution in [0, 0.1) is 27.3 Å². The van der Waals surface area contributed by atoms with Crippen molar-refractivity contribution in [2.24, 2.45) is 0 Å². The molecule has 6 heteroatoms. The van der Waals surface area contributed by atoms with Crippen LogP contribution in [0.1, 0.15) is 5.56 Å². The Morgan fingerprint density at radius 3 is 2.55 bits per heavy atom.